The lowest BCUT2D eigenvalue weighted by Crippen LogP contribution is -2.66. The molecule has 95 valence electrons. The molecule has 1 radical (unpaired) electrons. The standard InChI is InChI=1S/C14H28NO/c1-8-13(6)10-12(4,5)11(3)14(7,9-2)15(13)16/h11H,8-10H2,1-7H3. The van der Waals surface area contributed by atoms with Gasteiger partial charge in [0.15, 0.2) is 0 Å². The summed E-state index contributed by atoms with van der Waals surface area (Å²) < 4.78 is 0. The van der Waals surface area contributed by atoms with Gasteiger partial charge in [0.05, 0.1) is 0 Å². The average molecular weight is 226 g/mol. The monoisotopic (exact) mass is 226 g/mol. The van der Waals surface area contributed by atoms with Gasteiger partial charge in [-0.25, -0.2) is 0 Å². The maximum Gasteiger partial charge on any atom is 0.0499 e. The number of hydrogen-bond acceptors (Lipinski definition) is 1. The van der Waals surface area contributed by atoms with Gasteiger partial charge < -0.3 is 0 Å². The van der Waals surface area contributed by atoms with E-state index in [2.05, 4.69) is 48.5 Å². The molecule has 0 N–H and O–H groups in total. The SMILES string of the molecule is CCC1(C)CC(C)(C)C(C)C(C)(CC)N1[O]. The second-order valence-electron chi connectivity index (χ2n) is 6.74. The Kier molecular flexibility index (Phi) is 3.49. The van der Waals surface area contributed by atoms with Crippen LogP contribution in [0.1, 0.15) is 67.7 Å². The molecule has 1 aliphatic rings. The van der Waals surface area contributed by atoms with Gasteiger partial charge in [-0.2, -0.15) is 0 Å². The molecule has 0 aromatic rings. The van der Waals surface area contributed by atoms with E-state index in [1.54, 1.807) is 0 Å². The smallest absolute Gasteiger partial charge is 0.0499 e. The van der Waals surface area contributed by atoms with E-state index < -0.39 is 0 Å². The largest absolute Gasteiger partial charge is 0.143 e. The van der Waals surface area contributed by atoms with E-state index in [-0.39, 0.29) is 16.5 Å². The van der Waals surface area contributed by atoms with E-state index in [0.29, 0.717) is 5.92 Å². The minimum atomic E-state index is -0.216. The lowest BCUT2D eigenvalue weighted by Gasteiger charge is -2.59. The highest BCUT2D eigenvalue weighted by Crippen LogP contribution is 2.53. The van der Waals surface area contributed by atoms with Gasteiger partial charge in [-0.3, -0.25) is 0 Å². The summed E-state index contributed by atoms with van der Waals surface area (Å²) in [6.45, 7) is 15.4. The average Bonchev–Trinajstić information content (AvgIpc) is 2.23. The third-order valence-corrected chi connectivity index (χ3v) is 5.37. The van der Waals surface area contributed by atoms with E-state index in [1.807, 2.05) is 0 Å². The Labute approximate surface area is 101 Å². The fourth-order valence-electron chi connectivity index (χ4n) is 3.56. The number of nitrogens with zero attached hydrogens (tertiary/aromatic N) is 1. The zero-order chi connectivity index (χ0) is 12.8. The molecule has 0 bridgehead atoms. The fourth-order valence-corrected chi connectivity index (χ4v) is 3.56. The Balaban J connectivity index is 3.19. The van der Waals surface area contributed by atoms with Crippen LogP contribution in [0.5, 0.6) is 0 Å². The number of hydrogen-bond donors (Lipinski definition) is 0. The van der Waals surface area contributed by atoms with Crippen LogP contribution >= 0.6 is 0 Å². The van der Waals surface area contributed by atoms with E-state index in [0.717, 1.165) is 19.3 Å². The van der Waals surface area contributed by atoms with Crippen molar-refractivity contribution in [2.75, 3.05) is 0 Å². The van der Waals surface area contributed by atoms with Gasteiger partial charge in [-0.1, -0.05) is 34.6 Å². The van der Waals surface area contributed by atoms with Gasteiger partial charge in [0.25, 0.3) is 0 Å². The molecule has 3 atom stereocenters. The van der Waals surface area contributed by atoms with Crippen LogP contribution in [-0.4, -0.2) is 16.1 Å². The van der Waals surface area contributed by atoms with Gasteiger partial charge in [-0.05, 0) is 44.4 Å². The van der Waals surface area contributed by atoms with Crippen molar-refractivity contribution in [2.45, 2.75) is 78.8 Å². The van der Waals surface area contributed by atoms with Crippen LogP contribution in [0.3, 0.4) is 0 Å². The van der Waals surface area contributed by atoms with Crippen LogP contribution in [-0.2, 0) is 5.21 Å². The Morgan fingerprint density at radius 1 is 1.12 bits per heavy atom. The predicted molar refractivity (Wildman–Crippen MR) is 67.5 cm³/mol. The zero-order valence-corrected chi connectivity index (χ0v) is 12.1. The molecule has 1 fully saturated rings. The van der Waals surface area contributed by atoms with Crippen LogP contribution in [0.4, 0.5) is 0 Å². The second kappa shape index (κ2) is 3.99. The molecule has 0 amide bonds. The maximum absolute atomic E-state index is 12.6. The molecular formula is C14H28NO. The summed E-state index contributed by atoms with van der Waals surface area (Å²) in [7, 11) is 0. The number of hydroxylamine groups is 2. The summed E-state index contributed by atoms with van der Waals surface area (Å²) in [5, 5.41) is 14.1. The predicted octanol–water partition coefficient (Wildman–Crippen LogP) is 4.04. The summed E-state index contributed by atoms with van der Waals surface area (Å²) in [5.74, 6) is 0.433. The van der Waals surface area contributed by atoms with Crippen molar-refractivity contribution < 1.29 is 5.21 Å². The first-order chi connectivity index (χ1) is 7.14. The second-order valence-corrected chi connectivity index (χ2v) is 6.74. The molecule has 0 spiro atoms. The molecule has 0 saturated carbocycles. The fraction of sp³-hybridized carbons (Fsp3) is 1.00. The Bertz CT molecular complexity index is 263. The minimum absolute atomic E-state index is 0.194. The number of piperidine rings is 1. The molecule has 0 aromatic carbocycles. The Morgan fingerprint density at radius 3 is 2.00 bits per heavy atom. The van der Waals surface area contributed by atoms with Crippen LogP contribution in [0.15, 0.2) is 0 Å². The summed E-state index contributed by atoms with van der Waals surface area (Å²) in [5.41, 5.74) is -0.163. The molecule has 2 heteroatoms. The summed E-state index contributed by atoms with van der Waals surface area (Å²) in [4.78, 5) is 0. The molecular weight excluding hydrogens is 198 g/mol. The first kappa shape index (κ1) is 14.0. The van der Waals surface area contributed by atoms with Crippen LogP contribution in [0.2, 0.25) is 0 Å². The lowest BCUT2D eigenvalue weighted by molar-refractivity contribution is -0.328. The molecule has 1 saturated heterocycles. The number of rotatable bonds is 2. The summed E-state index contributed by atoms with van der Waals surface area (Å²) in [6, 6.07) is 0. The van der Waals surface area contributed by atoms with Gasteiger partial charge in [0.1, 0.15) is 0 Å². The normalized spacial score (nSPS) is 44.6. The third kappa shape index (κ3) is 1.80. The Hall–Kier alpha value is -0.0800. The van der Waals surface area contributed by atoms with Crippen molar-refractivity contribution in [3.05, 3.63) is 0 Å². The van der Waals surface area contributed by atoms with Gasteiger partial charge in [0.2, 0.25) is 0 Å². The first-order valence-corrected chi connectivity index (χ1v) is 6.61. The Morgan fingerprint density at radius 2 is 1.62 bits per heavy atom. The van der Waals surface area contributed by atoms with Crippen LogP contribution in [0, 0.1) is 11.3 Å². The molecule has 16 heavy (non-hydrogen) atoms. The minimum Gasteiger partial charge on any atom is -0.143 e. The first-order valence-electron chi connectivity index (χ1n) is 6.61. The topological polar surface area (TPSA) is 23.1 Å². The van der Waals surface area contributed by atoms with Crippen molar-refractivity contribution in [2.24, 2.45) is 11.3 Å². The van der Waals surface area contributed by atoms with Gasteiger partial charge in [0, 0.05) is 11.1 Å². The molecule has 0 aliphatic carbocycles. The van der Waals surface area contributed by atoms with Crippen molar-refractivity contribution in [1.29, 1.82) is 0 Å². The summed E-state index contributed by atoms with van der Waals surface area (Å²) >= 11 is 0. The van der Waals surface area contributed by atoms with E-state index in [4.69, 9.17) is 0 Å². The molecule has 0 aromatic heterocycles. The maximum atomic E-state index is 12.6. The summed E-state index contributed by atoms with van der Waals surface area (Å²) in [6.07, 6.45) is 2.86. The molecule has 1 heterocycles. The van der Waals surface area contributed by atoms with Crippen molar-refractivity contribution in [3.63, 3.8) is 0 Å². The van der Waals surface area contributed by atoms with E-state index in [9.17, 15) is 5.21 Å². The van der Waals surface area contributed by atoms with Gasteiger partial charge >= 0.3 is 0 Å². The highest BCUT2D eigenvalue weighted by Gasteiger charge is 2.56. The van der Waals surface area contributed by atoms with E-state index in [1.165, 1.54) is 5.06 Å². The van der Waals surface area contributed by atoms with E-state index >= 15 is 0 Å². The quantitative estimate of drug-likeness (QED) is 0.697. The highest BCUT2D eigenvalue weighted by molar-refractivity contribution is 5.06. The molecule has 1 rings (SSSR count). The molecule has 1 aliphatic heterocycles. The van der Waals surface area contributed by atoms with Crippen molar-refractivity contribution >= 4 is 0 Å². The lowest BCUT2D eigenvalue weighted by atomic mass is 9.58. The van der Waals surface area contributed by atoms with Gasteiger partial charge in [-0.15, -0.1) is 10.3 Å². The van der Waals surface area contributed by atoms with Crippen LogP contribution in [0.25, 0.3) is 0 Å². The van der Waals surface area contributed by atoms with Crippen molar-refractivity contribution in [1.82, 2.24) is 5.06 Å². The van der Waals surface area contributed by atoms with Crippen LogP contribution < -0.4 is 0 Å². The highest BCUT2D eigenvalue weighted by atomic mass is 16.5. The third-order valence-electron chi connectivity index (χ3n) is 5.37. The zero-order valence-electron chi connectivity index (χ0n) is 12.1. The molecule has 3 unspecified atom stereocenters. The molecule has 2 nitrogen and oxygen atoms in total. The van der Waals surface area contributed by atoms with Crippen molar-refractivity contribution in [3.8, 4) is 0 Å².